The van der Waals surface area contributed by atoms with Crippen LogP contribution in [0.25, 0.3) is 0 Å². The fourth-order valence-corrected chi connectivity index (χ4v) is 6.18. The number of carbonyl (C=O) groups is 1. The van der Waals surface area contributed by atoms with Gasteiger partial charge in [0.25, 0.3) is 0 Å². The summed E-state index contributed by atoms with van der Waals surface area (Å²) in [6.07, 6.45) is 31.9. The monoisotopic (exact) mass is 583 g/mol. The molecule has 3 heteroatoms. The summed E-state index contributed by atoms with van der Waals surface area (Å²) in [4.78, 5) is 12.6. The zero-order valence-electron chi connectivity index (χ0n) is 28.8. The van der Waals surface area contributed by atoms with E-state index in [9.17, 15) is 9.18 Å². The van der Waals surface area contributed by atoms with Crippen LogP contribution in [0.5, 0.6) is 0 Å². The first-order valence-electron chi connectivity index (χ1n) is 18.8. The van der Waals surface area contributed by atoms with E-state index in [0.717, 1.165) is 56.8 Å². The molecule has 0 aromatic heterocycles. The number of carbonyl (C=O) groups excluding carboxylic acids is 1. The van der Waals surface area contributed by atoms with Crippen LogP contribution in [-0.2, 0) is 9.53 Å². The van der Waals surface area contributed by atoms with Crippen LogP contribution in [-0.4, -0.2) is 18.2 Å². The third kappa shape index (κ3) is 26.7. The molecule has 0 saturated heterocycles. The van der Waals surface area contributed by atoms with Crippen molar-refractivity contribution in [1.82, 2.24) is 0 Å². The first kappa shape index (κ1) is 40.4. The van der Waals surface area contributed by atoms with Gasteiger partial charge in [-0.2, -0.15) is 0 Å². The molecule has 0 radical (unpaired) electrons. The van der Waals surface area contributed by atoms with E-state index >= 15 is 0 Å². The molecule has 0 amide bonds. The Hall–Kier alpha value is -0.600. The summed E-state index contributed by atoms with van der Waals surface area (Å²) in [5.74, 6) is 0.979. The quantitative estimate of drug-likeness (QED) is 0.0582. The topological polar surface area (TPSA) is 26.3 Å². The highest BCUT2D eigenvalue weighted by Gasteiger charge is 2.22. The van der Waals surface area contributed by atoms with E-state index in [2.05, 4.69) is 34.6 Å². The first-order chi connectivity index (χ1) is 20.0. The summed E-state index contributed by atoms with van der Waals surface area (Å²) >= 11 is 0. The number of esters is 1. The van der Waals surface area contributed by atoms with Crippen molar-refractivity contribution in [2.24, 2.45) is 11.8 Å². The summed E-state index contributed by atoms with van der Waals surface area (Å²) in [5.41, 5.74) is 0. The van der Waals surface area contributed by atoms with Gasteiger partial charge in [-0.05, 0) is 50.4 Å². The van der Waals surface area contributed by atoms with E-state index in [1.54, 1.807) is 0 Å². The van der Waals surface area contributed by atoms with Gasteiger partial charge in [-0.3, -0.25) is 0 Å². The molecule has 0 N–H and O–H groups in total. The maximum absolute atomic E-state index is 14.8. The number of rotatable bonds is 32. The Morgan fingerprint density at radius 2 is 0.805 bits per heavy atom. The summed E-state index contributed by atoms with van der Waals surface area (Å²) in [6.45, 7) is 11.5. The Morgan fingerprint density at radius 3 is 1.17 bits per heavy atom. The molecule has 2 unspecified atom stereocenters. The molecule has 0 rings (SSSR count). The highest BCUT2D eigenvalue weighted by Crippen LogP contribution is 2.26. The zero-order chi connectivity index (χ0) is 30.4. The van der Waals surface area contributed by atoms with E-state index in [0.29, 0.717) is 6.42 Å². The highest BCUT2D eigenvalue weighted by molar-refractivity contribution is 5.74. The third-order valence-corrected chi connectivity index (χ3v) is 9.20. The van der Waals surface area contributed by atoms with Gasteiger partial charge in [0.1, 0.15) is 6.10 Å². The number of halogens is 1. The lowest BCUT2D eigenvalue weighted by Gasteiger charge is -2.21. The lowest BCUT2D eigenvalue weighted by atomic mass is 9.85. The zero-order valence-corrected chi connectivity index (χ0v) is 28.8. The molecule has 0 saturated carbocycles. The smallest absolute Gasteiger partial charge is 0.340 e. The van der Waals surface area contributed by atoms with Gasteiger partial charge in [-0.15, -0.1) is 0 Å². The van der Waals surface area contributed by atoms with Crippen LogP contribution in [0.4, 0.5) is 4.39 Å². The van der Waals surface area contributed by atoms with Crippen molar-refractivity contribution in [2.75, 3.05) is 0 Å². The predicted molar refractivity (Wildman–Crippen MR) is 179 cm³/mol. The van der Waals surface area contributed by atoms with Gasteiger partial charge < -0.3 is 4.74 Å². The van der Waals surface area contributed by atoms with Gasteiger partial charge in [0.15, 0.2) is 6.17 Å². The molecule has 0 aromatic carbocycles. The highest BCUT2D eigenvalue weighted by atomic mass is 19.1. The largest absolute Gasteiger partial charge is 0.460 e. The Balaban J connectivity index is 4.21. The summed E-state index contributed by atoms with van der Waals surface area (Å²) in [6, 6.07) is 0. The van der Waals surface area contributed by atoms with Crippen LogP contribution in [0.1, 0.15) is 214 Å². The van der Waals surface area contributed by atoms with Crippen LogP contribution in [0, 0.1) is 11.8 Å². The normalized spacial score (nSPS) is 13.3. The minimum Gasteiger partial charge on any atom is -0.460 e. The second-order valence-electron chi connectivity index (χ2n) is 13.5. The molecule has 0 aliphatic rings. The summed E-state index contributed by atoms with van der Waals surface area (Å²) in [7, 11) is 0. The molecular formula is C38H75FO2. The van der Waals surface area contributed by atoms with Gasteiger partial charge in [-0.1, -0.05) is 176 Å². The minimum absolute atomic E-state index is 0.0950. The first-order valence-corrected chi connectivity index (χ1v) is 18.8. The van der Waals surface area contributed by atoms with E-state index in [1.165, 1.54) is 128 Å². The van der Waals surface area contributed by atoms with Gasteiger partial charge >= 0.3 is 5.97 Å². The SMILES string of the molecule is CCCCCCCCCC(CCCCCCC(F)C(=O)OC(CCCCCCCC)CCCCCCCC)C(C)C. The average Bonchev–Trinajstić information content (AvgIpc) is 2.96. The van der Waals surface area contributed by atoms with Crippen molar-refractivity contribution < 1.29 is 13.9 Å². The second kappa shape index (κ2) is 30.8. The number of ether oxygens (including phenoxy) is 1. The molecule has 0 aromatic rings. The van der Waals surface area contributed by atoms with Gasteiger partial charge in [-0.25, -0.2) is 9.18 Å². The number of hydrogen-bond donors (Lipinski definition) is 0. The number of unbranched alkanes of at least 4 members (excludes halogenated alkanes) is 19. The maximum Gasteiger partial charge on any atom is 0.340 e. The fraction of sp³-hybridized carbons (Fsp3) is 0.974. The van der Waals surface area contributed by atoms with Crippen molar-refractivity contribution in [1.29, 1.82) is 0 Å². The predicted octanol–water partition coefficient (Wildman–Crippen LogP) is 13.5. The molecule has 0 heterocycles. The lowest BCUT2D eigenvalue weighted by molar-refractivity contribution is -0.156. The van der Waals surface area contributed by atoms with Crippen molar-refractivity contribution >= 4 is 5.97 Å². The van der Waals surface area contributed by atoms with Crippen molar-refractivity contribution in [3.05, 3.63) is 0 Å². The Bertz CT molecular complexity index is 518. The molecule has 0 fully saturated rings. The van der Waals surface area contributed by atoms with Crippen LogP contribution in [0.2, 0.25) is 0 Å². The molecule has 2 atom stereocenters. The molecule has 0 spiro atoms. The third-order valence-electron chi connectivity index (χ3n) is 9.20. The van der Waals surface area contributed by atoms with E-state index in [4.69, 9.17) is 4.74 Å². The van der Waals surface area contributed by atoms with Gasteiger partial charge in [0.2, 0.25) is 0 Å². The van der Waals surface area contributed by atoms with Gasteiger partial charge in [0, 0.05) is 0 Å². The molecular weight excluding hydrogens is 507 g/mol. The van der Waals surface area contributed by atoms with Gasteiger partial charge in [0.05, 0.1) is 0 Å². The van der Waals surface area contributed by atoms with E-state index in [1.807, 2.05) is 0 Å². The van der Waals surface area contributed by atoms with E-state index in [-0.39, 0.29) is 6.10 Å². The van der Waals surface area contributed by atoms with Crippen LogP contribution in [0.15, 0.2) is 0 Å². The van der Waals surface area contributed by atoms with E-state index < -0.39 is 12.1 Å². The average molecular weight is 583 g/mol. The maximum atomic E-state index is 14.8. The summed E-state index contributed by atoms with van der Waals surface area (Å²) < 4.78 is 20.5. The fourth-order valence-electron chi connectivity index (χ4n) is 6.18. The van der Waals surface area contributed by atoms with Crippen LogP contribution in [0.3, 0.4) is 0 Å². The van der Waals surface area contributed by atoms with Crippen molar-refractivity contribution in [3.63, 3.8) is 0 Å². The molecule has 41 heavy (non-hydrogen) atoms. The standard InChI is InChI=1S/C38H75FO2/c1-6-9-12-15-18-19-24-29-35(34(4)5)30-25-22-23-28-33-37(39)38(40)41-36(31-26-20-16-13-10-7-2)32-27-21-17-14-11-8-3/h34-37H,6-33H2,1-5H3. The molecule has 0 aliphatic heterocycles. The second-order valence-corrected chi connectivity index (χ2v) is 13.5. The Kier molecular flexibility index (Phi) is 30.4. The molecule has 246 valence electrons. The Labute approximate surface area is 258 Å². The number of hydrogen-bond acceptors (Lipinski definition) is 2. The molecule has 0 aliphatic carbocycles. The molecule has 0 bridgehead atoms. The van der Waals surface area contributed by atoms with Crippen molar-refractivity contribution in [3.8, 4) is 0 Å². The lowest BCUT2D eigenvalue weighted by Crippen LogP contribution is -2.25. The Morgan fingerprint density at radius 1 is 0.488 bits per heavy atom. The summed E-state index contributed by atoms with van der Waals surface area (Å²) in [5, 5.41) is 0. The van der Waals surface area contributed by atoms with Crippen molar-refractivity contribution in [2.45, 2.75) is 227 Å². The molecule has 2 nitrogen and oxygen atoms in total. The van der Waals surface area contributed by atoms with Crippen LogP contribution >= 0.6 is 0 Å². The minimum atomic E-state index is -1.45. The number of alkyl halides is 1. The van der Waals surface area contributed by atoms with Crippen LogP contribution < -0.4 is 0 Å².